The van der Waals surface area contributed by atoms with Crippen LogP contribution >= 0.6 is 27.5 Å². The highest BCUT2D eigenvalue weighted by atomic mass is 79.9. The Morgan fingerprint density at radius 1 is 1.40 bits per heavy atom. The zero-order valence-corrected chi connectivity index (χ0v) is 17.0. The van der Waals surface area contributed by atoms with E-state index in [1.54, 1.807) is 7.05 Å². The van der Waals surface area contributed by atoms with Gasteiger partial charge in [0, 0.05) is 48.8 Å². The van der Waals surface area contributed by atoms with Crippen LogP contribution in [0.1, 0.15) is 18.4 Å². The topological polar surface area (TPSA) is 54.9 Å². The molecule has 1 aliphatic heterocycles. The number of nitrogens with one attached hydrogen (secondary N) is 2. The Bertz CT molecular complexity index is 551. The third kappa shape index (κ3) is 7.94. The van der Waals surface area contributed by atoms with Gasteiger partial charge in [0.25, 0.3) is 0 Å². The van der Waals surface area contributed by atoms with Crippen LogP contribution < -0.4 is 10.6 Å². The second-order valence-electron chi connectivity index (χ2n) is 6.07. The third-order valence-electron chi connectivity index (χ3n) is 4.05. The highest BCUT2D eigenvalue weighted by molar-refractivity contribution is 9.10. The average Bonchev–Trinajstić information content (AvgIpc) is 3.12. The second kappa shape index (κ2) is 11.7. The minimum atomic E-state index is 0.577. The quantitative estimate of drug-likeness (QED) is 0.357. The van der Waals surface area contributed by atoms with E-state index in [9.17, 15) is 0 Å². The summed E-state index contributed by atoms with van der Waals surface area (Å²) in [5.74, 6) is 1.38. The van der Waals surface area contributed by atoms with Crippen molar-refractivity contribution in [3.63, 3.8) is 0 Å². The molecule has 0 radical (unpaired) electrons. The lowest BCUT2D eigenvalue weighted by molar-refractivity contribution is 0.0888. The second-order valence-corrected chi connectivity index (χ2v) is 7.36. The molecule has 2 rings (SSSR count). The number of aliphatic imine (C=N–C) groups is 1. The van der Waals surface area contributed by atoms with Crippen LogP contribution in [-0.2, 0) is 15.9 Å². The summed E-state index contributed by atoms with van der Waals surface area (Å²) in [6.45, 7) is 4.91. The Labute approximate surface area is 163 Å². The lowest BCUT2D eigenvalue weighted by atomic mass is 10.1. The number of benzene rings is 1. The highest BCUT2D eigenvalue weighted by Gasteiger charge is 2.15. The van der Waals surface area contributed by atoms with Gasteiger partial charge in [0.15, 0.2) is 5.96 Å². The number of guanidine groups is 1. The van der Waals surface area contributed by atoms with Crippen molar-refractivity contribution in [1.82, 2.24) is 10.6 Å². The number of hydrogen-bond donors (Lipinski definition) is 2. The van der Waals surface area contributed by atoms with Crippen LogP contribution in [0.4, 0.5) is 0 Å². The molecule has 25 heavy (non-hydrogen) atoms. The van der Waals surface area contributed by atoms with Crippen LogP contribution in [0.25, 0.3) is 0 Å². The SMILES string of the molecule is CN=C(NCCCOCC1CCOC1)NCCc1cc(Cl)ccc1Br. The first kappa shape index (κ1) is 20.5. The standard InChI is InChI=1S/C18H27BrClN3O2/c1-21-18(22-7-2-9-24-12-14-6-10-25-13-14)23-8-5-15-11-16(20)3-4-17(15)19/h3-4,11,14H,2,5-10,12-13H2,1H3,(H2,21,22,23). The first-order valence-corrected chi connectivity index (χ1v) is 9.90. The molecule has 0 spiro atoms. The van der Waals surface area contributed by atoms with Gasteiger partial charge in [-0.3, -0.25) is 4.99 Å². The van der Waals surface area contributed by atoms with Gasteiger partial charge in [0.2, 0.25) is 0 Å². The van der Waals surface area contributed by atoms with E-state index in [0.29, 0.717) is 5.92 Å². The minimum absolute atomic E-state index is 0.577. The van der Waals surface area contributed by atoms with E-state index in [-0.39, 0.29) is 0 Å². The molecular formula is C18H27BrClN3O2. The lowest BCUT2D eigenvalue weighted by Gasteiger charge is -2.13. The van der Waals surface area contributed by atoms with Crippen molar-refractivity contribution in [2.45, 2.75) is 19.3 Å². The number of ether oxygens (including phenoxy) is 2. The highest BCUT2D eigenvalue weighted by Crippen LogP contribution is 2.21. The summed E-state index contributed by atoms with van der Waals surface area (Å²) in [6, 6.07) is 5.84. The molecule has 7 heteroatoms. The van der Waals surface area contributed by atoms with Gasteiger partial charge in [-0.05, 0) is 43.0 Å². The van der Waals surface area contributed by atoms with Crippen LogP contribution in [0.3, 0.4) is 0 Å². The van der Waals surface area contributed by atoms with Gasteiger partial charge in [-0.25, -0.2) is 0 Å². The van der Waals surface area contributed by atoms with Crippen molar-refractivity contribution >= 4 is 33.5 Å². The van der Waals surface area contributed by atoms with Crippen LogP contribution in [0.2, 0.25) is 5.02 Å². The smallest absolute Gasteiger partial charge is 0.190 e. The Morgan fingerprint density at radius 3 is 3.00 bits per heavy atom. The third-order valence-corrected chi connectivity index (χ3v) is 5.06. The lowest BCUT2D eigenvalue weighted by Crippen LogP contribution is -2.39. The first-order chi connectivity index (χ1) is 12.2. The molecule has 140 valence electrons. The Balaban J connectivity index is 1.55. The van der Waals surface area contributed by atoms with Gasteiger partial charge in [-0.2, -0.15) is 0 Å². The van der Waals surface area contributed by atoms with E-state index in [2.05, 4.69) is 31.6 Å². The van der Waals surface area contributed by atoms with Gasteiger partial charge in [0.1, 0.15) is 0 Å². The molecule has 0 saturated carbocycles. The normalized spacial score (nSPS) is 17.7. The molecule has 0 bridgehead atoms. The molecule has 0 aromatic heterocycles. The molecule has 0 aliphatic carbocycles. The molecule has 1 heterocycles. The molecule has 1 saturated heterocycles. The fourth-order valence-corrected chi connectivity index (χ4v) is 3.26. The molecule has 1 aromatic carbocycles. The monoisotopic (exact) mass is 431 g/mol. The van der Waals surface area contributed by atoms with Gasteiger partial charge >= 0.3 is 0 Å². The van der Waals surface area contributed by atoms with Crippen molar-refractivity contribution in [2.24, 2.45) is 10.9 Å². The van der Waals surface area contributed by atoms with E-state index in [0.717, 1.165) is 74.2 Å². The van der Waals surface area contributed by atoms with Crippen LogP contribution in [-0.4, -0.2) is 52.5 Å². The number of hydrogen-bond acceptors (Lipinski definition) is 3. The summed E-state index contributed by atoms with van der Waals surface area (Å²) in [7, 11) is 1.78. The molecule has 1 fully saturated rings. The molecule has 1 aliphatic rings. The van der Waals surface area contributed by atoms with Gasteiger partial charge < -0.3 is 20.1 Å². The summed E-state index contributed by atoms with van der Waals surface area (Å²) in [4.78, 5) is 4.24. The molecule has 1 aromatic rings. The minimum Gasteiger partial charge on any atom is -0.381 e. The number of nitrogens with zero attached hydrogens (tertiary/aromatic N) is 1. The largest absolute Gasteiger partial charge is 0.381 e. The van der Waals surface area contributed by atoms with Crippen molar-refractivity contribution in [3.05, 3.63) is 33.3 Å². The molecule has 5 nitrogen and oxygen atoms in total. The summed E-state index contributed by atoms with van der Waals surface area (Å²) in [5.41, 5.74) is 1.18. The van der Waals surface area contributed by atoms with E-state index < -0.39 is 0 Å². The first-order valence-electron chi connectivity index (χ1n) is 8.73. The Kier molecular flexibility index (Phi) is 9.61. The number of rotatable bonds is 9. The zero-order chi connectivity index (χ0) is 17.9. The van der Waals surface area contributed by atoms with Crippen LogP contribution in [0.15, 0.2) is 27.7 Å². The maximum atomic E-state index is 6.04. The molecule has 1 atom stereocenters. The predicted molar refractivity (Wildman–Crippen MR) is 107 cm³/mol. The Hall–Kier alpha value is -0.820. The van der Waals surface area contributed by atoms with Crippen molar-refractivity contribution in [2.75, 3.05) is 46.6 Å². The van der Waals surface area contributed by atoms with E-state index in [1.165, 1.54) is 5.56 Å². The van der Waals surface area contributed by atoms with Crippen molar-refractivity contribution in [3.8, 4) is 0 Å². The summed E-state index contributed by atoms with van der Waals surface area (Å²) in [6.07, 6.45) is 2.94. The van der Waals surface area contributed by atoms with Gasteiger partial charge in [-0.15, -0.1) is 0 Å². The predicted octanol–water partition coefficient (Wildman–Crippen LogP) is 3.25. The van der Waals surface area contributed by atoms with Crippen molar-refractivity contribution in [1.29, 1.82) is 0 Å². The van der Waals surface area contributed by atoms with Crippen molar-refractivity contribution < 1.29 is 9.47 Å². The summed E-state index contributed by atoms with van der Waals surface area (Å²) < 4.78 is 12.1. The maximum Gasteiger partial charge on any atom is 0.190 e. The zero-order valence-electron chi connectivity index (χ0n) is 14.7. The van der Waals surface area contributed by atoms with Gasteiger partial charge in [0.05, 0.1) is 13.2 Å². The summed E-state index contributed by atoms with van der Waals surface area (Å²) >= 11 is 9.59. The summed E-state index contributed by atoms with van der Waals surface area (Å²) in [5, 5.41) is 7.38. The molecule has 2 N–H and O–H groups in total. The molecule has 1 unspecified atom stereocenters. The van der Waals surface area contributed by atoms with Crippen LogP contribution in [0, 0.1) is 5.92 Å². The fourth-order valence-electron chi connectivity index (χ4n) is 2.62. The Morgan fingerprint density at radius 2 is 2.24 bits per heavy atom. The molecular weight excluding hydrogens is 406 g/mol. The average molecular weight is 433 g/mol. The van der Waals surface area contributed by atoms with Gasteiger partial charge in [-0.1, -0.05) is 27.5 Å². The number of halogens is 2. The van der Waals surface area contributed by atoms with E-state index in [1.807, 2.05) is 18.2 Å². The molecule has 0 amide bonds. The fraction of sp³-hybridized carbons (Fsp3) is 0.611. The maximum absolute atomic E-state index is 6.04. The van der Waals surface area contributed by atoms with Crippen LogP contribution in [0.5, 0.6) is 0 Å². The van der Waals surface area contributed by atoms with E-state index >= 15 is 0 Å². The van der Waals surface area contributed by atoms with E-state index in [4.69, 9.17) is 21.1 Å².